The Morgan fingerprint density at radius 3 is 2.22 bits per heavy atom. The fraction of sp³-hybridized carbons (Fsp3) is 0.417. The van der Waals surface area contributed by atoms with Gasteiger partial charge in [-0.15, -0.1) is 0 Å². The summed E-state index contributed by atoms with van der Waals surface area (Å²) in [6, 6.07) is 6.39. The number of hydrogen-bond donors (Lipinski definition) is 2. The van der Waals surface area contributed by atoms with Crippen molar-refractivity contribution in [2.75, 3.05) is 10.5 Å². The fourth-order valence-corrected chi connectivity index (χ4v) is 1.93. The van der Waals surface area contributed by atoms with Crippen molar-refractivity contribution in [3.63, 3.8) is 0 Å². The van der Waals surface area contributed by atoms with Gasteiger partial charge in [0.25, 0.3) is 5.91 Å². The van der Waals surface area contributed by atoms with Gasteiger partial charge in [0.05, 0.1) is 5.75 Å². The summed E-state index contributed by atoms with van der Waals surface area (Å²) in [5.74, 6) is -0.155. The van der Waals surface area contributed by atoms with Gasteiger partial charge in [0.1, 0.15) is 0 Å². The summed E-state index contributed by atoms with van der Waals surface area (Å²) >= 11 is 0. The van der Waals surface area contributed by atoms with Crippen LogP contribution in [0.15, 0.2) is 24.3 Å². The Kier molecular flexibility index (Phi) is 4.72. The number of amides is 1. The molecule has 1 rings (SSSR count). The van der Waals surface area contributed by atoms with Crippen molar-refractivity contribution in [2.45, 2.75) is 26.8 Å². The number of rotatable bonds is 5. The van der Waals surface area contributed by atoms with E-state index >= 15 is 0 Å². The molecule has 0 aliphatic heterocycles. The molecule has 0 unspecified atom stereocenters. The molecule has 0 aliphatic rings. The fourth-order valence-electron chi connectivity index (χ4n) is 1.29. The number of benzene rings is 1. The van der Waals surface area contributed by atoms with E-state index in [9.17, 15) is 13.2 Å². The molecule has 5 nitrogen and oxygen atoms in total. The van der Waals surface area contributed by atoms with E-state index < -0.39 is 10.0 Å². The van der Waals surface area contributed by atoms with Crippen LogP contribution in [0.4, 0.5) is 5.69 Å². The largest absolute Gasteiger partial charge is 0.350 e. The average Bonchev–Trinajstić information content (AvgIpc) is 2.28. The van der Waals surface area contributed by atoms with Crippen molar-refractivity contribution < 1.29 is 13.2 Å². The van der Waals surface area contributed by atoms with E-state index in [-0.39, 0.29) is 17.7 Å². The second-order valence-electron chi connectivity index (χ2n) is 4.21. The molecule has 0 spiro atoms. The summed E-state index contributed by atoms with van der Waals surface area (Å²) in [4.78, 5) is 11.7. The van der Waals surface area contributed by atoms with E-state index in [0.717, 1.165) is 0 Å². The highest BCUT2D eigenvalue weighted by molar-refractivity contribution is 7.92. The quantitative estimate of drug-likeness (QED) is 0.853. The third kappa shape index (κ3) is 4.37. The zero-order valence-electron chi connectivity index (χ0n) is 10.7. The summed E-state index contributed by atoms with van der Waals surface area (Å²) in [5, 5.41) is 2.76. The van der Waals surface area contributed by atoms with E-state index in [1.54, 1.807) is 31.2 Å². The van der Waals surface area contributed by atoms with Gasteiger partial charge in [-0.2, -0.15) is 0 Å². The molecule has 2 N–H and O–H groups in total. The number of carbonyl (C=O) groups is 1. The summed E-state index contributed by atoms with van der Waals surface area (Å²) in [6.45, 7) is 5.32. The standard InChI is InChI=1S/C12H18N2O3S/c1-4-18(16,17)14-11-7-5-10(6-8-11)12(15)13-9(2)3/h5-9,14H,4H2,1-3H3,(H,13,15). The molecule has 6 heteroatoms. The normalized spacial score (nSPS) is 11.3. The molecule has 0 saturated carbocycles. The molecule has 0 atom stereocenters. The van der Waals surface area contributed by atoms with Gasteiger partial charge < -0.3 is 5.32 Å². The lowest BCUT2D eigenvalue weighted by Gasteiger charge is -2.09. The lowest BCUT2D eigenvalue weighted by atomic mass is 10.2. The summed E-state index contributed by atoms with van der Waals surface area (Å²) in [7, 11) is -3.28. The van der Waals surface area contributed by atoms with E-state index in [4.69, 9.17) is 0 Å². The van der Waals surface area contributed by atoms with Crippen LogP contribution in [0.3, 0.4) is 0 Å². The summed E-state index contributed by atoms with van der Waals surface area (Å²) in [5.41, 5.74) is 0.959. The molecular formula is C12H18N2O3S. The number of carbonyl (C=O) groups excluding carboxylic acids is 1. The number of anilines is 1. The highest BCUT2D eigenvalue weighted by Gasteiger charge is 2.09. The van der Waals surface area contributed by atoms with Crippen molar-refractivity contribution in [1.82, 2.24) is 5.32 Å². The van der Waals surface area contributed by atoms with Gasteiger partial charge >= 0.3 is 0 Å². The van der Waals surface area contributed by atoms with Crippen LogP contribution in [0.25, 0.3) is 0 Å². The van der Waals surface area contributed by atoms with Gasteiger partial charge in [-0.1, -0.05) is 0 Å². The molecule has 0 aliphatic carbocycles. The van der Waals surface area contributed by atoms with Gasteiger partial charge in [0.15, 0.2) is 0 Å². The molecule has 0 saturated heterocycles. The highest BCUT2D eigenvalue weighted by atomic mass is 32.2. The summed E-state index contributed by atoms with van der Waals surface area (Å²) in [6.07, 6.45) is 0. The van der Waals surface area contributed by atoms with Crippen LogP contribution in [0.1, 0.15) is 31.1 Å². The predicted molar refractivity (Wildman–Crippen MR) is 72.1 cm³/mol. The lowest BCUT2D eigenvalue weighted by molar-refractivity contribution is 0.0943. The minimum atomic E-state index is -3.28. The monoisotopic (exact) mass is 270 g/mol. The van der Waals surface area contributed by atoms with Crippen LogP contribution >= 0.6 is 0 Å². The molecule has 18 heavy (non-hydrogen) atoms. The van der Waals surface area contributed by atoms with Gasteiger partial charge in [0.2, 0.25) is 10.0 Å². The van der Waals surface area contributed by atoms with Crippen LogP contribution in [0.2, 0.25) is 0 Å². The van der Waals surface area contributed by atoms with Crippen LogP contribution < -0.4 is 10.0 Å². The first-order valence-corrected chi connectivity index (χ1v) is 7.40. The zero-order chi connectivity index (χ0) is 13.8. The SMILES string of the molecule is CCS(=O)(=O)Nc1ccc(C(=O)NC(C)C)cc1. The molecule has 1 aromatic carbocycles. The number of sulfonamides is 1. The number of nitrogens with one attached hydrogen (secondary N) is 2. The molecule has 1 amide bonds. The van der Waals surface area contributed by atoms with Crippen molar-refractivity contribution >= 4 is 21.6 Å². The Bertz CT molecular complexity index is 507. The third-order valence-corrected chi connectivity index (χ3v) is 3.53. The first-order chi connectivity index (χ1) is 8.34. The maximum Gasteiger partial charge on any atom is 0.251 e. The topological polar surface area (TPSA) is 75.3 Å². The van der Waals surface area contributed by atoms with E-state index in [1.165, 1.54) is 0 Å². The maximum absolute atomic E-state index is 11.7. The van der Waals surface area contributed by atoms with Gasteiger partial charge in [-0.3, -0.25) is 9.52 Å². The molecule has 0 fully saturated rings. The first-order valence-electron chi connectivity index (χ1n) is 5.75. The summed E-state index contributed by atoms with van der Waals surface area (Å²) < 4.78 is 25.1. The minimum absolute atomic E-state index is 0.0165. The third-order valence-electron chi connectivity index (χ3n) is 2.22. The Labute approximate surface area is 108 Å². The van der Waals surface area contributed by atoms with Gasteiger partial charge in [-0.25, -0.2) is 8.42 Å². The predicted octanol–water partition coefficient (Wildman–Crippen LogP) is 1.59. The Morgan fingerprint density at radius 1 is 1.22 bits per heavy atom. The van der Waals surface area contributed by atoms with Crippen molar-refractivity contribution in [3.8, 4) is 0 Å². The Morgan fingerprint density at radius 2 is 1.78 bits per heavy atom. The van der Waals surface area contributed by atoms with Crippen LogP contribution in [-0.2, 0) is 10.0 Å². The van der Waals surface area contributed by atoms with Gasteiger partial charge in [0, 0.05) is 17.3 Å². The van der Waals surface area contributed by atoms with Crippen LogP contribution in [-0.4, -0.2) is 26.1 Å². The van der Waals surface area contributed by atoms with Crippen LogP contribution in [0.5, 0.6) is 0 Å². The van der Waals surface area contributed by atoms with Crippen LogP contribution in [0, 0.1) is 0 Å². The van der Waals surface area contributed by atoms with Gasteiger partial charge in [-0.05, 0) is 45.0 Å². The highest BCUT2D eigenvalue weighted by Crippen LogP contribution is 2.11. The molecule has 0 radical (unpaired) electrons. The second kappa shape index (κ2) is 5.86. The average molecular weight is 270 g/mol. The number of hydrogen-bond acceptors (Lipinski definition) is 3. The minimum Gasteiger partial charge on any atom is -0.350 e. The smallest absolute Gasteiger partial charge is 0.251 e. The van der Waals surface area contributed by atoms with E-state index in [2.05, 4.69) is 10.0 Å². The molecule has 0 heterocycles. The van der Waals surface area contributed by atoms with Crippen molar-refractivity contribution in [3.05, 3.63) is 29.8 Å². The van der Waals surface area contributed by atoms with Crippen molar-refractivity contribution in [2.24, 2.45) is 0 Å². The van der Waals surface area contributed by atoms with E-state index in [1.807, 2.05) is 13.8 Å². The maximum atomic E-state index is 11.7. The molecule has 0 bridgehead atoms. The zero-order valence-corrected chi connectivity index (χ0v) is 11.5. The van der Waals surface area contributed by atoms with E-state index in [0.29, 0.717) is 11.3 Å². The molecule has 0 aromatic heterocycles. The first kappa shape index (κ1) is 14.5. The lowest BCUT2D eigenvalue weighted by Crippen LogP contribution is -2.30. The van der Waals surface area contributed by atoms with Crippen molar-refractivity contribution in [1.29, 1.82) is 0 Å². The Hall–Kier alpha value is -1.56. The molecule has 100 valence electrons. The molecule has 1 aromatic rings. The Balaban J connectivity index is 2.77. The molecular weight excluding hydrogens is 252 g/mol. The second-order valence-corrected chi connectivity index (χ2v) is 6.22.